The number of furan rings is 1. The van der Waals surface area contributed by atoms with Gasteiger partial charge >= 0.3 is 0 Å². The van der Waals surface area contributed by atoms with Gasteiger partial charge in [-0.1, -0.05) is 0 Å². The Morgan fingerprint density at radius 3 is 2.85 bits per heavy atom. The molecule has 0 radical (unpaired) electrons. The molecule has 1 N–H and O–H groups in total. The van der Waals surface area contributed by atoms with Crippen LogP contribution in [0.2, 0.25) is 5.22 Å². The summed E-state index contributed by atoms with van der Waals surface area (Å²) in [6.07, 6.45) is 4.57. The van der Waals surface area contributed by atoms with E-state index in [4.69, 9.17) is 20.8 Å². The molecule has 20 heavy (non-hydrogen) atoms. The Morgan fingerprint density at radius 2 is 2.20 bits per heavy atom. The average molecular weight is 316 g/mol. The topological polar surface area (TPSA) is 34.4 Å². The molecule has 2 atom stereocenters. The Balaban J connectivity index is 1.74. The number of thioether (sulfide) groups is 1. The Hall–Kier alpha value is -0.160. The van der Waals surface area contributed by atoms with E-state index in [2.05, 4.69) is 5.32 Å². The van der Waals surface area contributed by atoms with Crippen molar-refractivity contribution in [3.63, 3.8) is 0 Å². The lowest BCUT2D eigenvalue weighted by atomic mass is 9.78. The zero-order valence-corrected chi connectivity index (χ0v) is 13.4. The molecule has 0 aromatic carbocycles. The second-order valence-corrected chi connectivity index (χ2v) is 7.40. The molecule has 0 saturated carbocycles. The lowest BCUT2D eigenvalue weighted by Crippen LogP contribution is -2.45. The lowest BCUT2D eigenvalue weighted by molar-refractivity contribution is -0.108. The van der Waals surface area contributed by atoms with E-state index in [1.165, 1.54) is 24.3 Å². The smallest absolute Gasteiger partial charge is 0.193 e. The second kappa shape index (κ2) is 6.30. The fourth-order valence-electron chi connectivity index (χ4n) is 3.55. The molecule has 2 fully saturated rings. The molecule has 5 heteroatoms. The average Bonchev–Trinajstić information content (AvgIpc) is 2.87. The van der Waals surface area contributed by atoms with Crippen LogP contribution in [0.4, 0.5) is 0 Å². The molecule has 0 amide bonds. The number of hydrogen-bond donors (Lipinski definition) is 1. The van der Waals surface area contributed by atoms with Crippen molar-refractivity contribution >= 4 is 23.4 Å². The van der Waals surface area contributed by atoms with Crippen LogP contribution in [0.1, 0.15) is 37.5 Å². The van der Waals surface area contributed by atoms with Crippen LogP contribution in [-0.2, 0) is 4.74 Å². The first kappa shape index (κ1) is 14.8. The van der Waals surface area contributed by atoms with E-state index in [1.54, 1.807) is 0 Å². The summed E-state index contributed by atoms with van der Waals surface area (Å²) < 4.78 is 11.8. The van der Waals surface area contributed by atoms with E-state index in [1.807, 2.05) is 30.9 Å². The van der Waals surface area contributed by atoms with Gasteiger partial charge in [-0.25, -0.2) is 0 Å². The minimum absolute atomic E-state index is 0.111. The van der Waals surface area contributed by atoms with E-state index in [9.17, 15) is 0 Å². The summed E-state index contributed by atoms with van der Waals surface area (Å²) in [6.45, 7) is 0.863. The van der Waals surface area contributed by atoms with E-state index in [-0.39, 0.29) is 11.6 Å². The van der Waals surface area contributed by atoms with Crippen molar-refractivity contribution in [2.75, 3.05) is 25.2 Å². The number of hydrogen-bond acceptors (Lipinski definition) is 4. The monoisotopic (exact) mass is 315 g/mol. The number of nitrogens with one attached hydrogen (secondary N) is 1. The maximum absolute atomic E-state index is 6.17. The first-order chi connectivity index (χ1) is 9.72. The molecule has 2 aliphatic rings. The Labute approximate surface area is 129 Å². The van der Waals surface area contributed by atoms with Crippen LogP contribution in [0.25, 0.3) is 0 Å². The standard InChI is InChI=1S/C15H22ClNO2S/c1-17-14(12-2-3-13(16)19-12)11-4-7-18-15(10-11)5-8-20-9-6-15/h2-3,11,14,17H,4-10H2,1H3. The van der Waals surface area contributed by atoms with Crippen molar-refractivity contribution < 1.29 is 9.15 Å². The number of rotatable bonds is 3. The van der Waals surface area contributed by atoms with Gasteiger partial charge in [0.15, 0.2) is 5.22 Å². The van der Waals surface area contributed by atoms with Crippen LogP contribution in [-0.4, -0.2) is 30.8 Å². The zero-order valence-electron chi connectivity index (χ0n) is 11.9. The van der Waals surface area contributed by atoms with Crippen LogP contribution in [0.15, 0.2) is 16.5 Å². The quantitative estimate of drug-likeness (QED) is 0.917. The molecule has 3 nitrogen and oxygen atoms in total. The third-order valence-electron chi connectivity index (χ3n) is 4.62. The second-order valence-electron chi connectivity index (χ2n) is 5.80. The van der Waals surface area contributed by atoms with Gasteiger partial charge in [-0.2, -0.15) is 11.8 Å². The molecule has 3 rings (SSSR count). The van der Waals surface area contributed by atoms with Crippen molar-refractivity contribution in [3.8, 4) is 0 Å². The summed E-state index contributed by atoms with van der Waals surface area (Å²) >= 11 is 7.97. The third kappa shape index (κ3) is 3.03. The molecule has 112 valence electrons. The van der Waals surface area contributed by atoms with Gasteiger partial charge in [0.1, 0.15) is 5.76 Å². The van der Waals surface area contributed by atoms with Gasteiger partial charge in [0.2, 0.25) is 0 Å². The fraction of sp³-hybridized carbons (Fsp3) is 0.733. The molecule has 1 aromatic rings. The highest BCUT2D eigenvalue weighted by atomic mass is 35.5. The van der Waals surface area contributed by atoms with Gasteiger partial charge in [0.05, 0.1) is 11.6 Å². The van der Waals surface area contributed by atoms with E-state index < -0.39 is 0 Å². The van der Waals surface area contributed by atoms with Gasteiger partial charge < -0.3 is 14.5 Å². The van der Waals surface area contributed by atoms with Crippen molar-refractivity contribution in [2.45, 2.75) is 37.3 Å². The molecule has 1 spiro atoms. The predicted octanol–water partition coefficient (Wildman–Crippen LogP) is 3.89. The summed E-state index contributed by atoms with van der Waals surface area (Å²) in [7, 11) is 2.00. The molecule has 3 heterocycles. The highest BCUT2D eigenvalue weighted by Crippen LogP contribution is 2.43. The highest BCUT2D eigenvalue weighted by Gasteiger charge is 2.41. The van der Waals surface area contributed by atoms with Crippen molar-refractivity contribution in [1.29, 1.82) is 0 Å². The maximum Gasteiger partial charge on any atom is 0.193 e. The number of halogens is 1. The van der Waals surface area contributed by atoms with E-state index >= 15 is 0 Å². The van der Waals surface area contributed by atoms with Crippen LogP contribution in [0.3, 0.4) is 0 Å². The summed E-state index contributed by atoms with van der Waals surface area (Å²) in [4.78, 5) is 0. The van der Waals surface area contributed by atoms with Gasteiger partial charge in [-0.15, -0.1) is 0 Å². The van der Waals surface area contributed by atoms with Gasteiger partial charge in [-0.3, -0.25) is 0 Å². The molecule has 2 saturated heterocycles. The summed E-state index contributed by atoms with van der Waals surface area (Å²) in [6, 6.07) is 4.05. The summed E-state index contributed by atoms with van der Waals surface area (Å²) in [5, 5.41) is 3.88. The largest absolute Gasteiger partial charge is 0.448 e. The minimum atomic E-state index is 0.111. The van der Waals surface area contributed by atoms with Gasteiger partial charge in [0, 0.05) is 6.61 Å². The molecule has 2 aliphatic heterocycles. The molecule has 1 aromatic heterocycles. The first-order valence-electron chi connectivity index (χ1n) is 7.37. The lowest BCUT2D eigenvalue weighted by Gasteiger charge is -2.45. The van der Waals surface area contributed by atoms with Crippen LogP contribution in [0, 0.1) is 5.92 Å². The van der Waals surface area contributed by atoms with Gasteiger partial charge in [-0.05, 0) is 73.9 Å². The summed E-state index contributed by atoms with van der Waals surface area (Å²) in [5.74, 6) is 3.95. The minimum Gasteiger partial charge on any atom is -0.448 e. The van der Waals surface area contributed by atoms with Crippen molar-refractivity contribution in [1.82, 2.24) is 5.32 Å². The molecule has 2 unspecified atom stereocenters. The van der Waals surface area contributed by atoms with Crippen LogP contribution in [0.5, 0.6) is 0 Å². The number of ether oxygens (including phenoxy) is 1. The van der Waals surface area contributed by atoms with E-state index in [0.717, 1.165) is 25.2 Å². The van der Waals surface area contributed by atoms with Crippen molar-refractivity contribution in [2.24, 2.45) is 5.92 Å². The van der Waals surface area contributed by atoms with E-state index in [0.29, 0.717) is 11.1 Å². The molecule has 0 bridgehead atoms. The molecule has 0 aliphatic carbocycles. The normalized spacial score (nSPS) is 27.6. The maximum atomic E-state index is 6.17. The highest BCUT2D eigenvalue weighted by molar-refractivity contribution is 7.99. The van der Waals surface area contributed by atoms with Gasteiger partial charge in [0.25, 0.3) is 0 Å². The zero-order chi connectivity index (χ0) is 14.0. The SMILES string of the molecule is CNC(c1ccc(Cl)o1)C1CCOC2(CCSCC2)C1. The Morgan fingerprint density at radius 1 is 1.40 bits per heavy atom. The molecular formula is C15H22ClNO2S. The predicted molar refractivity (Wildman–Crippen MR) is 83.5 cm³/mol. The Kier molecular flexibility index (Phi) is 4.65. The van der Waals surface area contributed by atoms with Crippen LogP contribution < -0.4 is 5.32 Å². The third-order valence-corrected chi connectivity index (χ3v) is 5.81. The fourth-order valence-corrected chi connectivity index (χ4v) is 4.94. The first-order valence-corrected chi connectivity index (χ1v) is 8.90. The van der Waals surface area contributed by atoms with Crippen molar-refractivity contribution in [3.05, 3.63) is 23.1 Å². The summed E-state index contributed by atoms with van der Waals surface area (Å²) in [5.41, 5.74) is 0.111. The van der Waals surface area contributed by atoms with Crippen LogP contribution >= 0.6 is 23.4 Å². The Bertz CT molecular complexity index is 439. The molecular weight excluding hydrogens is 294 g/mol.